The Balaban J connectivity index is 1.99. The van der Waals surface area contributed by atoms with E-state index in [0.717, 1.165) is 11.1 Å². The molecule has 0 radical (unpaired) electrons. The van der Waals surface area contributed by atoms with Crippen LogP contribution in [-0.2, 0) is 21.1 Å². The summed E-state index contributed by atoms with van der Waals surface area (Å²) in [5, 5.41) is 0. The van der Waals surface area contributed by atoms with Crippen molar-refractivity contribution in [2.75, 3.05) is 17.4 Å². The monoisotopic (exact) mass is 391 g/mol. The number of hydrogen-bond donors (Lipinski definition) is 0. The fourth-order valence-electron chi connectivity index (χ4n) is 3.59. The summed E-state index contributed by atoms with van der Waals surface area (Å²) in [6.07, 6.45) is 1.08. The average molecular weight is 392 g/mol. The maximum absolute atomic E-state index is 12.7. The Kier molecular flexibility index (Phi) is 5.99. The molecule has 0 aliphatic carbocycles. The van der Waals surface area contributed by atoms with Crippen molar-refractivity contribution in [3.63, 3.8) is 0 Å². The molecule has 2 unspecified atom stereocenters. The molecule has 4 nitrogen and oxygen atoms in total. The third-order valence-electron chi connectivity index (χ3n) is 4.80. The van der Waals surface area contributed by atoms with Gasteiger partial charge in [0, 0.05) is 6.04 Å². The van der Waals surface area contributed by atoms with E-state index in [1.54, 1.807) is 4.90 Å². The Bertz CT molecular complexity index is 840. The Hall–Kier alpha value is -1.85. The van der Waals surface area contributed by atoms with Gasteiger partial charge in [-0.15, -0.1) is 11.6 Å². The molecule has 0 saturated carbocycles. The molecule has 2 aromatic rings. The first-order valence-corrected chi connectivity index (χ1v) is 11.0. The van der Waals surface area contributed by atoms with E-state index in [0.29, 0.717) is 12.8 Å². The van der Waals surface area contributed by atoms with Crippen molar-refractivity contribution in [3.8, 4) is 0 Å². The molecule has 6 heteroatoms. The Labute approximate surface area is 159 Å². The summed E-state index contributed by atoms with van der Waals surface area (Å²) in [6.45, 7) is 0. The standard InChI is InChI=1S/C20H22ClNO3S/c21-14-20(23)22(18-11-12-26(24,25)15-18)19(17-9-5-2-6-10-17)13-16-7-3-1-4-8-16/h1-10,18-19H,11-15H2. The largest absolute Gasteiger partial charge is 0.330 e. The number of carbonyl (C=O) groups is 1. The lowest BCUT2D eigenvalue weighted by Gasteiger charge is -2.36. The number of halogens is 1. The summed E-state index contributed by atoms with van der Waals surface area (Å²) in [5.41, 5.74) is 2.08. The van der Waals surface area contributed by atoms with Crippen LogP contribution in [0.2, 0.25) is 0 Å². The van der Waals surface area contributed by atoms with Crippen LogP contribution in [-0.4, -0.2) is 42.7 Å². The second-order valence-electron chi connectivity index (χ2n) is 6.61. The van der Waals surface area contributed by atoms with Crippen LogP contribution >= 0.6 is 11.6 Å². The molecule has 3 rings (SSSR count). The molecular formula is C20H22ClNO3S. The van der Waals surface area contributed by atoms with Gasteiger partial charge in [-0.2, -0.15) is 0 Å². The van der Waals surface area contributed by atoms with E-state index >= 15 is 0 Å². The summed E-state index contributed by atoms with van der Waals surface area (Å²) >= 11 is 5.89. The van der Waals surface area contributed by atoms with Gasteiger partial charge in [-0.25, -0.2) is 8.42 Å². The minimum absolute atomic E-state index is 0.00769. The van der Waals surface area contributed by atoms with Gasteiger partial charge in [0.15, 0.2) is 9.84 Å². The zero-order valence-electron chi connectivity index (χ0n) is 14.4. The van der Waals surface area contributed by atoms with Gasteiger partial charge in [0.1, 0.15) is 5.88 Å². The molecule has 26 heavy (non-hydrogen) atoms. The third-order valence-corrected chi connectivity index (χ3v) is 6.78. The zero-order valence-corrected chi connectivity index (χ0v) is 16.0. The third kappa shape index (κ3) is 4.46. The first kappa shape index (κ1) is 18.9. The highest BCUT2D eigenvalue weighted by Crippen LogP contribution is 2.31. The van der Waals surface area contributed by atoms with E-state index in [-0.39, 0.29) is 35.4 Å². The highest BCUT2D eigenvalue weighted by molar-refractivity contribution is 7.91. The van der Waals surface area contributed by atoms with E-state index in [4.69, 9.17) is 11.6 Å². The van der Waals surface area contributed by atoms with Gasteiger partial charge in [0.05, 0.1) is 17.5 Å². The maximum atomic E-state index is 12.7. The summed E-state index contributed by atoms with van der Waals surface area (Å²) in [7, 11) is -3.11. The normalized spacial score (nSPS) is 19.8. The fraction of sp³-hybridized carbons (Fsp3) is 0.350. The first-order valence-electron chi connectivity index (χ1n) is 8.66. The van der Waals surface area contributed by atoms with E-state index in [9.17, 15) is 13.2 Å². The molecule has 0 spiro atoms. The van der Waals surface area contributed by atoms with Crippen LogP contribution in [0.15, 0.2) is 60.7 Å². The molecule has 2 aromatic carbocycles. The molecule has 1 aliphatic rings. The van der Waals surface area contributed by atoms with E-state index in [2.05, 4.69) is 0 Å². The highest BCUT2D eigenvalue weighted by atomic mass is 35.5. The first-order chi connectivity index (χ1) is 12.5. The smallest absolute Gasteiger partial charge is 0.238 e. The predicted molar refractivity (Wildman–Crippen MR) is 104 cm³/mol. The fourth-order valence-corrected chi connectivity index (χ4v) is 5.43. The van der Waals surface area contributed by atoms with Gasteiger partial charge >= 0.3 is 0 Å². The van der Waals surface area contributed by atoms with Crippen LogP contribution in [0.5, 0.6) is 0 Å². The predicted octanol–water partition coefficient (Wildman–Crippen LogP) is 3.22. The second kappa shape index (κ2) is 8.23. The van der Waals surface area contributed by atoms with E-state index in [1.807, 2.05) is 60.7 Å². The van der Waals surface area contributed by atoms with E-state index in [1.165, 1.54) is 0 Å². The van der Waals surface area contributed by atoms with Crippen LogP contribution in [0, 0.1) is 0 Å². The number of amides is 1. The summed E-state index contributed by atoms with van der Waals surface area (Å²) in [6, 6.07) is 19.1. The van der Waals surface area contributed by atoms with Gasteiger partial charge in [0.2, 0.25) is 5.91 Å². The van der Waals surface area contributed by atoms with Crippen molar-refractivity contribution in [3.05, 3.63) is 71.8 Å². The van der Waals surface area contributed by atoms with Crippen LogP contribution < -0.4 is 0 Å². The molecule has 1 aliphatic heterocycles. The number of nitrogens with zero attached hydrogens (tertiary/aromatic N) is 1. The van der Waals surface area contributed by atoms with E-state index < -0.39 is 9.84 Å². The molecule has 0 bridgehead atoms. The zero-order chi connectivity index (χ0) is 18.6. The number of alkyl halides is 1. The Morgan fingerprint density at radius 3 is 2.23 bits per heavy atom. The summed E-state index contributed by atoms with van der Waals surface area (Å²) < 4.78 is 24.0. The number of rotatable bonds is 6. The highest BCUT2D eigenvalue weighted by Gasteiger charge is 2.38. The summed E-state index contributed by atoms with van der Waals surface area (Å²) in [4.78, 5) is 14.4. The molecule has 138 valence electrons. The van der Waals surface area contributed by atoms with Gasteiger partial charge in [-0.3, -0.25) is 4.79 Å². The van der Waals surface area contributed by atoms with Crippen molar-refractivity contribution in [1.29, 1.82) is 0 Å². The molecule has 1 fully saturated rings. The number of hydrogen-bond acceptors (Lipinski definition) is 3. The molecule has 2 atom stereocenters. The van der Waals surface area contributed by atoms with Crippen molar-refractivity contribution in [2.24, 2.45) is 0 Å². The van der Waals surface area contributed by atoms with Gasteiger partial charge < -0.3 is 4.90 Å². The van der Waals surface area contributed by atoms with Crippen molar-refractivity contribution in [2.45, 2.75) is 24.9 Å². The lowest BCUT2D eigenvalue weighted by Crippen LogP contribution is -2.45. The van der Waals surface area contributed by atoms with Crippen LogP contribution in [0.3, 0.4) is 0 Å². The van der Waals surface area contributed by atoms with Gasteiger partial charge in [-0.05, 0) is 24.0 Å². The molecule has 0 aromatic heterocycles. The number of carbonyl (C=O) groups excluding carboxylic acids is 1. The SMILES string of the molecule is O=C(CCl)N(C1CCS(=O)(=O)C1)C(Cc1ccccc1)c1ccccc1. The average Bonchev–Trinajstić information content (AvgIpc) is 3.02. The van der Waals surface area contributed by atoms with Crippen LogP contribution in [0.4, 0.5) is 0 Å². The molecule has 1 heterocycles. The number of sulfone groups is 1. The van der Waals surface area contributed by atoms with Crippen molar-refractivity contribution < 1.29 is 13.2 Å². The Morgan fingerprint density at radius 2 is 1.69 bits per heavy atom. The van der Waals surface area contributed by atoms with Gasteiger partial charge in [0.25, 0.3) is 0 Å². The number of benzene rings is 2. The Morgan fingerprint density at radius 1 is 1.08 bits per heavy atom. The molecule has 1 amide bonds. The van der Waals surface area contributed by atoms with Gasteiger partial charge in [-0.1, -0.05) is 60.7 Å². The van der Waals surface area contributed by atoms with Crippen molar-refractivity contribution in [1.82, 2.24) is 4.90 Å². The van der Waals surface area contributed by atoms with Crippen molar-refractivity contribution >= 4 is 27.3 Å². The maximum Gasteiger partial charge on any atom is 0.238 e. The van der Waals surface area contributed by atoms with Crippen LogP contribution in [0.1, 0.15) is 23.6 Å². The molecule has 0 N–H and O–H groups in total. The topological polar surface area (TPSA) is 54.5 Å². The van der Waals surface area contributed by atoms with Crippen LogP contribution in [0.25, 0.3) is 0 Å². The molecular weight excluding hydrogens is 370 g/mol. The quantitative estimate of drug-likeness (QED) is 0.710. The lowest BCUT2D eigenvalue weighted by atomic mass is 9.95. The minimum Gasteiger partial charge on any atom is -0.330 e. The summed E-state index contributed by atoms with van der Waals surface area (Å²) in [5.74, 6) is -0.252. The lowest BCUT2D eigenvalue weighted by molar-refractivity contribution is -0.133. The minimum atomic E-state index is -3.11. The second-order valence-corrected chi connectivity index (χ2v) is 9.10. The molecule has 1 saturated heterocycles.